The highest BCUT2D eigenvalue weighted by Crippen LogP contribution is 2.52. The SMILES string of the molecule is CN1CC2CC2(N(C)C)C1. The first kappa shape index (κ1) is 6.62. The van der Waals surface area contributed by atoms with Gasteiger partial charge in [-0.05, 0) is 33.5 Å². The summed E-state index contributed by atoms with van der Waals surface area (Å²) in [5.41, 5.74) is 0.592. The summed E-state index contributed by atoms with van der Waals surface area (Å²) in [5, 5.41) is 0. The van der Waals surface area contributed by atoms with E-state index in [9.17, 15) is 0 Å². The Kier molecular flexibility index (Phi) is 1.15. The molecule has 2 unspecified atom stereocenters. The molecule has 2 aliphatic rings. The van der Waals surface area contributed by atoms with Crippen molar-refractivity contribution in [3.8, 4) is 0 Å². The van der Waals surface area contributed by atoms with Gasteiger partial charge in [0.2, 0.25) is 0 Å². The number of likely N-dealkylation sites (N-methyl/N-ethyl adjacent to an activating group) is 2. The normalized spacial score (nSPS) is 46.2. The average Bonchev–Trinajstić information content (AvgIpc) is 2.37. The van der Waals surface area contributed by atoms with E-state index in [4.69, 9.17) is 0 Å². The molecule has 0 N–H and O–H groups in total. The third-order valence-corrected chi connectivity index (χ3v) is 3.17. The Morgan fingerprint density at radius 1 is 1.50 bits per heavy atom. The number of nitrogens with zero attached hydrogens (tertiary/aromatic N) is 2. The van der Waals surface area contributed by atoms with E-state index in [1.807, 2.05) is 0 Å². The number of hydrogen-bond donors (Lipinski definition) is 0. The molecule has 0 amide bonds. The van der Waals surface area contributed by atoms with E-state index in [-0.39, 0.29) is 0 Å². The molecule has 1 heterocycles. The van der Waals surface area contributed by atoms with E-state index in [2.05, 4.69) is 30.9 Å². The molecule has 58 valence electrons. The smallest absolute Gasteiger partial charge is 0.0375 e. The van der Waals surface area contributed by atoms with Crippen LogP contribution in [0.5, 0.6) is 0 Å². The van der Waals surface area contributed by atoms with Gasteiger partial charge in [0, 0.05) is 18.6 Å². The monoisotopic (exact) mass is 140 g/mol. The van der Waals surface area contributed by atoms with E-state index in [1.165, 1.54) is 19.5 Å². The van der Waals surface area contributed by atoms with Gasteiger partial charge in [0.15, 0.2) is 0 Å². The molecule has 0 spiro atoms. The van der Waals surface area contributed by atoms with Crippen LogP contribution >= 0.6 is 0 Å². The molecule has 2 atom stereocenters. The van der Waals surface area contributed by atoms with Crippen molar-refractivity contribution in [1.82, 2.24) is 9.80 Å². The number of likely N-dealkylation sites (tertiary alicyclic amines) is 1. The zero-order valence-corrected chi connectivity index (χ0v) is 7.09. The zero-order valence-electron chi connectivity index (χ0n) is 7.09. The maximum atomic E-state index is 2.44. The van der Waals surface area contributed by atoms with Crippen molar-refractivity contribution in [2.75, 3.05) is 34.2 Å². The van der Waals surface area contributed by atoms with Gasteiger partial charge in [-0.15, -0.1) is 0 Å². The lowest BCUT2D eigenvalue weighted by Gasteiger charge is -2.23. The van der Waals surface area contributed by atoms with Gasteiger partial charge < -0.3 is 9.80 Å². The Bertz CT molecular complexity index is 155. The molecule has 10 heavy (non-hydrogen) atoms. The van der Waals surface area contributed by atoms with Crippen LogP contribution in [-0.2, 0) is 0 Å². The average molecular weight is 140 g/mol. The minimum absolute atomic E-state index is 0.592. The molecular weight excluding hydrogens is 124 g/mol. The maximum Gasteiger partial charge on any atom is 0.0375 e. The molecule has 2 rings (SSSR count). The second-order valence-corrected chi connectivity index (χ2v) is 4.10. The van der Waals surface area contributed by atoms with E-state index >= 15 is 0 Å². The van der Waals surface area contributed by atoms with Crippen LogP contribution in [0.1, 0.15) is 6.42 Å². The van der Waals surface area contributed by atoms with Crippen molar-refractivity contribution >= 4 is 0 Å². The second kappa shape index (κ2) is 1.74. The van der Waals surface area contributed by atoms with Crippen LogP contribution in [0.2, 0.25) is 0 Å². The summed E-state index contributed by atoms with van der Waals surface area (Å²) in [4.78, 5) is 4.84. The van der Waals surface area contributed by atoms with Crippen LogP contribution in [-0.4, -0.2) is 49.6 Å². The van der Waals surface area contributed by atoms with E-state index in [0.29, 0.717) is 5.54 Å². The van der Waals surface area contributed by atoms with Gasteiger partial charge in [0.05, 0.1) is 0 Å². The first-order chi connectivity index (χ1) is 4.65. The highest BCUT2D eigenvalue weighted by molar-refractivity contribution is 5.16. The summed E-state index contributed by atoms with van der Waals surface area (Å²) in [6, 6.07) is 0. The molecule has 2 heteroatoms. The Balaban J connectivity index is 2.08. The van der Waals surface area contributed by atoms with Gasteiger partial charge in [0.1, 0.15) is 0 Å². The molecule has 0 radical (unpaired) electrons. The molecule has 1 aliphatic heterocycles. The van der Waals surface area contributed by atoms with Gasteiger partial charge in [-0.1, -0.05) is 0 Å². The van der Waals surface area contributed by atoms with Crippen molar-refractivity contribution in [2.45, 2.75) is 12.0 Å². The van der Waals surface area contributed by atoms with Gasteiger partial charge in [0.25, 0.3) is 0 Å². The lowest BCUT2D eigenvalue weighted by molar-refractivity contribution is 0.238. The number of fused-ring (bicyclic) bond motifs is 1. The van der Waals surface area contributed by atoms with Gasteiger partial charge in [-0.3, -0.25) is 0 Å². The van der Waals surface area contributed by atoms with E-state index in [0.717, 1.165) is 5.92 Å². The predicted octanol–water partition coefficient (Wildman–Crippen LogP) is 0.252. The van der Waals surface area contributed by atoms with Crippen molar-refractivity contribution in [3.05, 3.63) is 0 Å². The van der Waals surface area contributed by atoms with Crippen LogP contribution in [0.4, 0.5) is 0 Å². The first-order valence-corrected chi connectivity index (χ1v) is 4.01. The van der Waals surface area contributed by atoms with Crippen molar-refractivity contribution in [2.24, 2.45) is 5.92 Å². The minimum atomic E-state index is 0.592. The number of hydrogen-bond acceptors (Lipinski definition) is 2. The predicted molar refractivity (Wildman–Crippen MR) is 42.0 cm³/mol. The molecule has 1 saturated carbocycles. The van der Waals surface area contributed by atoms with Crippen molar-refractivity contribution in [1.29, 1.82) is 0 Å². The maximum absolute atomic E-state index is 2.44. The molecule has 1 aliphatic carbocycles. The van der Waals surface area contributed by atoms with Crippen LogP contribution in [0.25, 0.3) is 0 Å². The Labute approximate surface area is 62.8 Å². The van der Waals surface area contributed by atoms with Crippen LogP contribution in [0.15, 0.2) is 0 Å². The first-order valence-electron chi connectivity index (χ1n) is 4.01. The van der Waals surface area contributed by atoms with Crippen molar-refractivity contribution in [3.63, 3.8) is 0 Å². The van der Waals surface area contributed by atoms with E-state index in [1.54, 1.807) is 0 Å². The van der Waals surface area contributed by atoms with Crippen LogP contribution < -0.4 is 0 Å². The zero-order chi connectivity index (χ0) is 7.35. The summed E-state index contributed by atoms with van der Waals surface area (Å²) >= 11 is 0. The molecule has 0 aromatic heterocycles. The Morgan fingerprint density at radius 3 is 2.50 bits per heavy atom. The van der Waals surface area contributed by atoms with Gasteiger partial charge >= 0.3 is 0 Å². The fraction of sp³-hybridized carbons (Fsp3) is 1.00. The van der Waals surface area contributed by atoms with Gasteiger partial charge in [-0.25, -0.2) is 0 Å². The highest BCUT2D eigenvalue weighted by atomic mass is 15.3. The molecule has 0 aromatic rings. The summed E-state index contributed by atoms with van der Waals surface area (Å²) in [5.74, 6) is 0.979. The number of rotatable bonds is 1. The molecule has 0 aromatic carbocycles. The molecule has 0 bridgehead atoms. The standard InChI is InChI=1S/C8H16N2/c1-9(2)8-4-7(8)5-10(3)6-8/h7H,4-6H2,1-3H3. The topological polar surface area (TPSA) is 6.48 Å². The summed E-state index contributed by atoms with van der Waals surface area (Å²) in [7, 11) is 6.63. The second-order valence-electron chi connectivity index (χ2n) is 4.10. The quantitative estimate of drug-likeness (QED) is 0.515. The largest absolute Gasteiger partial charge is 0.304 e. The van der Waals surface area contributed by atoms with Crippen LogP contribution in [0, 0.1) is 5.92 Å². The molecular formula is C8H16N2. The third-order valence-electron chi connectivity index (χ3n) is 3.17. The Hall–Kier alpha value is -0.0800. The number of piperidine rings is 1. The third kappa shape index (κ3) is 0.663. The Morgan fingerprint density at radius 2 is 2.20 bits per heavy atom. The lowest BCUT2D eigenvalue weighted by atomic mass is 10.2. The summed E-state index contributed by atoms with van der Waals surface area (Å²) in [6.07, 6.45) is 1.43. The summed E-state index contributed by atoms with van der Waals surface area (Å²) < 4.78 is 0. The van der Waals surface area contributed by atoms with Gasteiger partial charge in [-0.2, -0.15) is 0 Å². The van der Waals surface area contributed by atoms with Crippen LogP contribution in [0.3, 0.4) is 0 Å². The fourth-order valence-electron chi connectivity index (χ4n) is 2.39. The highest BCUT2D eigenvalue weighted by Gasteiger charge is 2.60. The van der Waals surface area contributed by atoms with Crippen molar-refractivity contribution < 1.29 is 0 Å². The molecule has 2 fully saturated rings. The minimum Gasteiger partial charge on any atom is -0.304 e. The molecule has 2 nitrogen and oxygen atoms in total. The lowest BCUT2D eigenvalue weighted by Crippen LogP contribution is -2.36. The molecule has 1 saturated heterocycles. The fourth-order valence-corrected chi connectivity index (χ4v) is 2.39. The van der Waals surface area contributed by atoms with E-state index < -0.39 is 0 Å². The summed E-state index contributed by atoms with van der Waals surface area (Å²) in [6.45, 7) is 2.60.